The minimum absolute atomic E-state index is 0.139. The number of nitrogens with two attached hydrogens (primary N) is 1. The van der Waals surface area contributed by atoms with Crippen LogP contribution in [0.5, 0.6) is 0 Å². The van der Waals surface area contributed by atoms with Crippen molar-refractivity contribution in [3.63, 3.8) is 0 Å². The Morgan fingerprint density at radius 3 is 2.24 bits per heavy atom. The molecular weight excluding hydrogens is 279 g/mol. The number of piperazine rings is 1. The van der Waals surface area contributed by atoms with Crippen LogP contribution in [-0.4, -0.2) is 49.1 Å². The van der Waals surface area contributed by atoms with Gasteiger partial charge in [0.2, 0.25) is 0 Å². The zero-order chi connectivity index (χ0) is 15.4. The maximum Gasteiger partial charge on any atom is 0.161 e. The van der Waals surface area contributed by atoms with Crippen molar-refractivity contribution in [3.8, 4) is 0 Å². The molecule has 1 aliphatic heterocycles. The first-order chi connectivity index (χ1) is 10.1. The lowest BCUT2D eigenvalue weighted by atomic mass is 10.0. The molecule has 3 nitrogen and oxygen atoms in total. The predicted octanol–water partition coefficient (Wildman–Crippen LogP) is 2.13. The fourth-order valence-electron chi connectivity index (χ4n) is 2.88. The summed E-state index contributed by atoms with van der Waals surface area (Å²) in [5.74, 6) is -2.94. The number of benzene rings is 1. The second-order valence-electron chi connectivity index (χ2n) is 5.42. The summed E-state index contributed by atoms with van der Waals surface area (Å²) in [6.45, 7) is 6.62. The first-order valence-electron chi connectivity index (χ1n) is 7.37. The topological polar surface area (TPSA) is 32.5 Å². The van der Waals surface area contributed by atoms with Gasteiger partial charge in [0.15, 0.2) is 11.6 Å². The lowest BCUT2D eigenvalue weighted by molar-refractivity contribution is 0.0969. The quantitative estimate of drug-likeness (QED) is 0.846. The Morgan fingerprint density at radius 1 is 1.05 bits per heavy atom. The van der Waals surface area contributed by atoms with Gasteiger partial charge in [-0.25, -0.2) is 13.2 Å². The summed E-state index contributed by atoms with van der Waals surface area (Å²) in [6.07, 6.45) is 1.10. The summed E-state index contributed by atoms with van der Waals surface area (Å²) in [5.41, 5.74) is 5.89. The number of halogens is 3. The van der Waals surface area contributed by atoms with Crippen LogP contribution in [0.25, 0.3) is 0 Å². The van der Waals surface area contributed by atoms with E-state index in [1.807, 2.05) is 4.90 Å². The molecule has 0 radical (unpaired) electrons. The molecule has 0 aliphatic carbocycles. The van der Waals surface area contributed by atoms with Crippen LogP contribution in [0.2, 0.25) is 0 Å². The highest BCUT2D eigenvalue weighted by molar-refractivity contribution is 5.24. The smallest absolute Gasteiger partial charge is 0.161 e. The van der Waals surface area contributed by atoms with E-state index in [0.29, 0.717) is 6.07 Å². The van der Waals surface area contributed by atoms with E-state index in [1.165, 1.54) is 0 Å². The molecule has 1 heterocycles. The van der Waals surface area contributed by atoms with Gasteiger partial charge >= 0.3 is 0 Å². The lowest BCUT2D eigenvalue weighted by Gasteiger charge is -2.39. The van der Waals surface area contributed by atoms with E-state index in [1.54, 1.807) is 0 Å². The van der Waals surface area contributed by atoms with Gasteiger partial charge in [-0.3, -0.25) is 4.90 Å². The third-order valence-corrected chi connectivity index (χ3v) is 4.01. The maximum atomic E-state index is 13.9. The molecule has 1 unspecified atom stereocenters. The van der Waals surface area contributed by atoms with Crippen molar-refractivity contribution in [1.29, 1.82) is 0 Å². The molecule has 6 heteroatoms. The van der Waals surface area contributed by atoms with E-state index in [9.17, 15) is 13.2 Å². The van der Waals surface area contributed by atoms with Gasteiger partial charge in [-0.1, -0.05) is 6.92 Å². The van der Waals surface area contributed by atoms with E-state index >= 15 is 0 Å². The summed E-state index contributed by atoms with van der Waals surface area (Å²) in [5, 5.41) is 0. The van der Waals surface area contributed by atoms with Crippen molar-refractivity contribution in [2.24, 2.45) is 5.73 Å². The Morgan fingerprint density at radius 2 is 1.67 bits per heavy atom. The van der Waals surface area contributed by atoms with E-state index in [0.717, 1.165) is 45.2 Å². The van der Waals surface area contributed by atoms with Crippen molar-refractivity contribution in [2.45, 2.75) is 19.4 Å². The third-order valence-electron chi connectivity index (χ3n) is 4.01. The first kappa shape index (κ1) is 16.3. The van der Waals surface area contributed by atoms with Crippen molar-refractivity contribution < 1.29 is 13.2 Å². The number of hydrogen-bond acceptors (Lipinski definition) is 3. The third kappa shape index (κ3) is 3.75. The van der Waals surface area contributed by atoms with Gasteiger partial charge in [-0.15, -0.1) is 0 Å². The molecule has 21 heavy (non-hydrogen) atoms. The Hall–Kier alpha value is -1.11. The van der Waals surface area contributed by atoms with E-state index < -0.39 is 23.5 Å². The van der Waals surface area contributed by atoms with Crippen LogP contribution < -0.4 is 5.73 Å². The Bertz CT molecular complexity index is 473. The zero-order valence-corrected chi connectivity index (χ0v) is 12.3. The molecule has 1 saturated heterocycles. The van der Waals surface area contributed by atoms with Gasteiger partial charge in [0.05, 0.1) is 6.04 Å². The standard InChI is InChI=1S/C15H22F3N3/c1-2-3-20-4-6-21(7-5-20)15(10-19)11-8-13(17)14(18)9-12(11)16/h8-9,15H,2-7,10,19H2,1H3. The Labute approximate surface area is 123 Å². The molecule has 0 bridgehead atoms. The molecule has 0 amide bonds. The molecule has 2 rings (SSSR count). The second-order valence-corrected chi connectivity index (χ2v) is 5.42. The second kappa shape index (κ2) is 7.24. The van der Waals surface area contributed by atoms with Gasteiger partial charge in [0.25, 0.3) is 0 Å². The van der Waals surface area contributed by atoms with Crippen molar-refractivity contribution in [1.82, 2.24) is 9.80 Å². The minimum atomic E-state index is -1.17. The molecule has 2 N–H and O–H groups in total. The summed E-state index contributed by atoms with van der Waals surface area (Å²) >= 11 is 0. The largest absolute Gasteiger partial charge is 0.329 e. The molecule has 1 atom stereocenters. The van der Waals surface area contributed by atoms with Crippen molar-refractivity contribution in [2.75, 3.05) is 39.3 Å². The average Bonchev–Trinajstić information content (AvgIpc) is 2.47. The SMILES string of the molecule is CCCN1CCN(C(CN)c2cc(F)c(F)cc2F)CC1. The molecule has 0 saturated carbocycles. The Kier molecular flexibility index (Phi) is 5.61. The summed E-state index contributed by atoms with van der Waals surface area (Å²) in [7, 11) is 0. The first-order valence-corrected chi connectivity index (χ1v) is 7.37. The molecule has 0 aromatic heterocycles. The molecule has 1 fully saturated rings. The summed E-state index contributed by atoms with van der Waals surface area (Å²) in [6, 6.07) is 1.12. The molecule has 118 valence electrons. The van der Waals surface area contributed by atoms with Gasteiger partial charge in [0.1, 0.15) is 5.82 Å². The van der Waals surface area contributed by atoms with E-state index in [-0.39, 0.29) is 12.1 Å². The van der Waals surface area contributed by atoms with Crippen LogP contribution in [0, 0.1) is 17.5 Å². The molecule has 0 spiro atoms. The normalized spacial score (nSPS) is 18.9. The molecule has 1 aliphatic rings. The summed E-state index contributed by atoms with van der Waals surface area (Å²) < 4.78 is 40.3. The number of hydrogen-bond donors (Lipinski definition) is 1. The molecule has 1 aromatic carbocycles. The zero-order valence-electron chi connectivity index (χ0n) is 12.3. The number of rotatable bonds is 5. The Balaban J connectivity index is 2.12. The minimum Gasteiger partial charge on any atom is -0.329 e. The fraction of sp³-hybridized carbons (Fsp3) is 0.600. The van der Waals surface area contributed by atoms with Crippen LogP contribution in [0.3, 0.4) is 0 Å². The van der Waals surface area contributed by atoms with E-state index in [2.05, 4.69) is 11.8 Å². The highest BCUT2D eigenvalue weighted by Crippen LogP contribution is 2.25. The molecular formula is C15H22F3N3. The summed E-state index contributed by atoms with van der Waals surface area (Å²) in [4.78, 5) is 4.38. The van der Waals surface area contributed by atoms with Crippen LogP contribution >= 0.6 is 0 Å². The predicted molar refractivity (Wildman–Crippen MR) is 76.4 cm³/mol. The lowest BCUT2D eigenvalue weighted by Crippen LogP contribution is -2.49. The van der Waals surface area contributed by atoms with Crippen LogP contribution in [-0.2, 0) is 0 Å². The highest BCUT2D eigenvalue weighted by atomic mass is 19.2. The van der Waals surface area contributed by atoms with Gasteiger partial charge in [-0.05, 0) is 19.0 Å². The van der Waals surface area contributed by atoms with Crippen LogP contribution in [0.4, 0.5) is 13.2 Å². The van der Waals surface area contributed by atoms with Gasteiger partial charge in [0, 0.05) is 44.4 Å². The molecule has 1 aromatic rings. The van der Waals surface area contributed by atoms with E-state index in [4.69, 9.17) is 5.73 Å². The maximum absolute atomic E-state index is 13.9. The number of nitrogens with zero attached hydrogens (tertiary/aromatic N) is 2. The van der Waals surface area contributed by atoms with Gasteiger partial charge < -0.3 is 10.6 Å². The van der Waals surface area contributed by atoms with Crippen molar-refractivity contribution >= 4 is 0 Å². The van der Waals surface area contributed by atoms with Crippen LogP contribution in [0.1, 0.15) is 24.9 Å². The fourth-order valence-corrected chi connectivity index (χ4v) is 2.88. The van der Waals surface area contributed by atoms with Crippen LogP contribution in [0.15, 0.2) is 12.1 Å². The van der Waals surface area contributed by atoms with Gasteiger partial charge in [-0.2, -0.15) is 0 Å². The average molecular weight is 301 g/mol. The van der Waals surface area contributed by atoms with Crippen molar-refractivity contribution in [3.05, 3.63) is 35.1 Å². The highest BCUT2D eigenvalue weighted by Gasteiger charge is 2.26. The monoisotopic (exact) mass is 301 g/mol.